The summed E-state index contributed by atoms with van der Waals surface area (Å²) in [6, 6.07) is 5.31. The average molecular weight is 258 g/mol. The number of anilines is 1. The second-order valence-corrected chi connectivity index (χ2v) is 3.84. The van der Waals surface area contributed by atoms with Crippen LogP contribution in [0.5, 0.6) is 0 Å². The van der Waals surface area contributed by atoms with Gasteiger partial charge in [0.2, 0.25) is 0 Å². The van der Waals surface area contributed by atoms with E-state index in [0.29, 0.717) is 30.7 Å². The van der Waals surface area contributed by atoms with Crippen LogP contribution in [0, 0.1) is 5.82 Å². The molecule has 92 valence electrons. The molecule has 0 radical (unpaired) electrons. The van der Waals surface area contributed by atoms with Crippen molar-refractivity contribution in [2.75, 3.05) is 25.2 Å². The molecule has 0 unspecified atom stereocenters. The highest BCUT2D eigenvalue weighted by molar-refractivity contribution is 6.17. The summed E-state index contributed by atoms with van der Waals surface area (Å²) in [6.07, 6.45) is 0. The maximum Gasteiger partial charge on any atom is 0.303 e. The predicted molar refractivity (Wildman–Crippen MR) is 65.7 cm³/mol. The zero-order valence-electron chi connectivity index (χ0n) is 9.41. The third kappa shape index (κ3) is 2.61. The summed E-state index contributed by atoms with van der Waals surface area (Å²) in [4.78, 5) is 4.09. The second-order valence-electron chi connectivity index (χ2n) is 3.57. The van der Waals surface area contributed by atoms with Gasteiger partial charge in [-0.3, -0.25) is 10.4 Å². The van der Waals surface area contributed by atoms with Gasteiger partial charge >= 0.3 is 6.02 Å². The Labute approximate surface area is 104 Å². The van der Waals surface area contributed by atoms with Crippen LogP contribution in [0.3, 0.4) is 0 Å². The van der Waals surface area contributed by atoms with Crippen LogP contribution < -0.4 is 10.4 Å². The molecule has 1 aromatic rings. The lowest BCUT2D eigenvalue weighted by Crippen LogP contribution is -2.48. The van der Waals surface area contributed by atoms with E-state index in [-0.39, 0.29) is 5.82 Å². The number of alkyl halides is 1. The van der Waals surface area contributed by atoms with E-state index in [1.807, 2.05) is 0 Å². The van der Waals surface area contributed by atoms with Gasteiger partial charge in [-0.05, 0) is 17.7 Å². The molecular weight excluding hydrogens is 245 g/mol. The Morgan fingerprint density at radius 2 is 2.41 bits per heavy atom. The minimum Gasteiger partial charge on any atom is -0.467 e. The molecule has 6 heteroatoms. The van der Waals surface area contributed by atoms with Gasteiger partial charge in [-0.15, -0.1) is 11.6 Å². The van der Waals surface area contributed by atoms with Gasteiger partial charge in [0.05, 0.1) is 25.9 Å². The predicted octanol–water partition coefficient (Wildman–Crippen LogP) is 1.89. The summed E-state index contributed by atoms with van der Waals surface area (Å²) >= 11 is 5.65. The van der Waals surface area contributed by atoms with Gasteiger partial charge in [-0.2, -0.15) is 0 Å². The molecule has 0 atom stereocenters. The number of hydrogen-bond acceptors (Lipinski definition) is 4. The molecule has 1 aliphatic rings. The van der Waals surface area contributed by atoms with Crippen LogP contribution in [0.15, 0.2) is 23.2 Å². The molecule has 1 aliphatic heterocycles. The fraction of sp³-hybridized carbons (Fsp3) is 0.364. The number of amidine groups is 1. The van der Waals surface area contributed by atoms with Crippen molar-refractivity contribution in [3.8, 4) is 0 Å². The van der Waals surface area contributed by atoms with Crippen molar-refractivity contribution in [3.05, 3.63) is 29.6 Å². The summed E-state index contributed by atoms with van der Waals surface area (Å²) < 4.78 is 18.8. The van der Waals surface area contributed by atoms with E-state index in [1.54, 1.807) is 17.1 Å². The van der Waals surface area contributed by atoms with E-state index in [0.717, 1.165) is 5.56 Å². The molecule has 0 amide bonds. The Morgan fingerprint density at radius 1 is 1.59 bits per heavy atom. The minimum atomic E-state index is -0.312. The van der Waals surface area contributed by atoms with Gasteiger partial charge in [-0.25, -0.2) is 9.38 Å². The molecule has 0 bridgehead atoms. The van der Waals surface area contributed by atoms with Crippen molar-refractivity contribution in [1.82, 2.24) is 5.43 Å². The summed E-state index contributed by atoms with van der Waals surface area (Å²) in [5.41, 5.74) is 4.10. The highest BCUT2D eigenvalue weighted by atomic mass is 35.5. The van der Waals surface area contributed by atoms with Crippen molar-refractivity contribution >= 4 is 23.3 Å². The molecule has 0 aliphatic carbocycles. The van der Waals surface area contributed by atoms with Crippen molar-refractivity contribution in [1.29, 1.82) is 0 Å². The maximum atomic E-state index is 13.8. The number of nitrogens with one attached hydrogen (secondary N) is 1. The smallest absolute Gasteiger partial charge is 0.303 e. The number of methoxy groups -OCH3 is 1. The topological polar surface area (TPSA) is 36.9 Å². The molecule has 0 fully saturated rings. The Balaban J connectivity index is 2.20. The van der Waals surface area contributed by atoms with E-state index in [4.69, 9.17) is 16.3 Å². The third-order valence-electron chi connectivity index (χ3n) is 2.46. The van der Waals surface area contributed by atoms with E-state index < -0.39 is 0 Å². The Hall–Kier alpha value is -1.49. The first-order chi connectivity index (χ1) is 8.24. The third-order valence-corrected chi connectivity index (χ3v) is 2.77. The average Bonchev–Trinajstić information content (AvgIpc) is 2.38. The van der Waals surface area contributed by atoms with Gasteiger partial charge < -0.3 is 4.74 Å². The number of nitrogens with zero attached hydrogens (tertiary/aromatic N) is 2. The fourth-order valence-corrected chi connectivity index (χ4v) is 1.77. The summed E-state index contributed by atoms with van der Waals surface area (Å²) in [5, 5.41) is 1.67. The Morgan fingerprint density at radius 3 is 3.06 bits per heavy atom. The molecule has 1 aromatic carbocycles. The molecule has 0 saturated carbocycles. The number of halogens is 2. The minimum absolute atomic E-state index is 0.301. The highest BCUT2D eigenvalue weighted by Gasteiger charge is 2.17. The van der Waals surface area contributed by atoms with E-state index in [1.165, 1.54) is 13.2 Å². The van der Waals surface area contributed by atoms with Crippen molar-refractivity contribution < 1.29 is 9.13 Å². The van der Waals surface area contributed by atoms with Crippen LogP contribution in [-0.2, 0) is 10.6 Å². The summed E-state index contributed by atoms with van der Waals surface area (Å²) in [6.45, 7) is 1.15. The normalized spacial score (nSPS) is 15.2. The Kier molecular flexibility index (Phi) is 3.68. The number of hydrazine groups is 1. The summed E-state index contributed by atoms with van der Waals surface area (Å²) in [5.74, 6) is -0.0110. The molecule has 0 saturated heterocycles. The lowest BCUT2D eigenvalue weighted by atomic mass is 10.2. The van der Waals surface area contributed by atoms with Crippen LogP contribution in [-0.4, -0.2) is 26.2 Å². The Bertz CT molecular complexity index is 439. The number of benzene rings is 1. The number of rotatable bonds is 2. The van der Waals surface area contributed by atoms with Crippen LogP contribution in [0.25, 0.3) is 0 Å². The van der Waals surface area contributed by atoms with Crippen LogP contribution in [0.2, 0.25) is 0 Å². The van der Waals surface area contributed by atoms with Gasteiger partial charge in [0, 0.05) is 5.88 Å². The van der Waals surface area contributed by atoms with Crippen molar-refractivity contribution in [2.24, 2.45) is 4.99 Å². The molecule has 1 N–H and O–H groups in total. The van der Waals surface area contributed by atoms with Gasteiger partial charge in [0.1, 0.15) is 5.82 Å². The molecule has 1 heterocycles. The lowest BCUT2D eigenvalue weighted by Gasteiger charge is -2.29. The van der Waals surface area contributed by atoms with Gasteiger partial charge in [0.25, 0.3) is 0 Å². The number of aliphatic imine (C=N–C) groups is 1. The first kappa shape index (κ1) is 12.0. The number of ether oxygens (including phenoxy) is 1. The van der Waals surface area contributed by atoms with Crippen LogP contribution in [0.1, 0.15) is 5.56 Å². The molecule has 0 spiro atoms. The molecular formula is C11H13ClFN3O. The van der Waals surface area contributed by atoms with E-state index in [9.17, 15) is 4.39 Å². The van der Waals surface area contributed by atoms with Crippen molar-refractivity contribution in [3.63, 3.8) is 0 Å². The van der Waals surface area contributed by atoms with E-state index in [2.05, 4.69) is 10.4 Å². The zero-order valence-corrected chi connectivity index (χ0v) is 10.2. The number of hydrogen-bond donors (Lipinski definition) is 1. The first-order valence-corrected chi connectivity index (χ1v) is 5.75. The van der Waals surface area contributed by atoms with Gasteiger partial charge in [-0.1, -0.05) is 6.07 Å². The second kappa shape index (κ2) is 5.23. The van der Waals surface area contributed by atoms with Crippen LogP contribution in [0.4, 0.5) is 10.1 Å². The maximum absolute atomic E-state index is 13.8. The molecule has 0 aromatic heterocycles. The zero-order chi connectivity index (χ0) is 12.3. The monoisotopic (exact) mass is 257 g/mol. The van der Waals surface area contributed by atoms with Crippen molar-refractivity contribution in [2.45, 2.75) is 5.88 Å². The largest absolute Gasteiger partial charge is 0.467 e. The molecule has 4 nitrogen and oxygen atoms in total. The molecule has 17 heavy (non-hydrogen) atoms. The van der Waals surface area contributed by atoms with Gasteiger partial charge in [0.15, 0.2) is 0 Å². The lowest BCUT2D eigenvalue weighted by molar-refractivity contribution is 0.368. The summed E-state index contributed by atoms with van der Waals surface area (Å²) in [7, 11) is 1.52. The fourth-order valence-electron chi connectivity index (χ4n) is 1.60. The SMILES string of the molecule is COC1=NCCN(c2ccc(CCl)cc2F)N1. The highest BCUT2D eigenvalue weighted by Crippen LogP contribution is 2.20. The first-order valence-electron chi connectivity index (χ1n) is 5.21. The van der Waals surface area contributed by atoms with E-state index >= 15 is 0 Å². The standard InChI is InChI=1S/C11H13ClFN3O/c1-17-11-14-4-5-16(15-11)10-3-2-8(7-12)6-9(10)13/h2-3,6H,4-5,7H2,1H3,(H,14,15). The quantitative estimate of drug-likeness (QED) is 0.822. The van der Waals surface area contributed by atoms with Crippen LogP contribution >= 0.6 is 11.6 Å². The molecule has 2 rings (SSSR count).